The molecule has 2 bridgehead atoms. The van der Waals surface area contributed by atoms with E-state index in [0.717, 1.165) is 12.8 Å². The van der Waals surface area contributed by atoms with E-state index < -0.39 is 17.3 Å². The Hall–Kier alpha value is -0.120. The maximum atomic E-state index is 9.85. The molecule has 2 saturated carbocycles. The first-order chi connectivity index (χ1) is 5.75. The minimum absolute atomic E-state index is 0.0208. The zero-order chi connectivity index (χ0) is 10.1. The van der Waals surface area contributed by atoms with Crippen molar-refractivity contribution in [3.8, 4) is 0 Å². The first kappa shape index (κ1) is 9.44. The predicted octanol–water partition coefficient (Wildman–Crippen LogP) is 0.484. The van der Waals surface area contributed by atoms with E-state index in [4.69, 9.17) is 0 Å². The number of rotatable bonds is 0. The quantitative estimate of drug-likeness (QED) is 0.482. The number of hydrogen-bond acceptors (Lipinski definition) is 3. The summed E-state index contributed by atoms with van der Waals surface area (Å²) in [6.45, 7) is 5.90. The molecular formula is C10H18O3. The first-order valence-corrected chi connectivity index (χ1v) is 4.88. The Labute approximate surface area is 78.4 Å². The Balaban J connectivity index is 2.53. The van der Waals surface area contributed by atoms with Gasteiger partial charge in [-0.1, -0.05) is 20.8 Å². The van der Waals surface area contributed by atoms with Gasteiger partial charge < -0.3 is 15.3 Å². The molecule has 76 valence electrons. The molecule has 0 spiro atoms. The van der Waals surface area contributed by atoms with Crippen molar-refractivity contribution in [2.75, 3.05) is 0 Å². The van der Waals surface area contributed by atoms with E-state index in [2.05, 4.69) is 0 Å². The second kappa shape index (κ2) is 2.10. The summed E-state index contributed by atoms with van der Waals surface area (Å²) in [5.74, 6) is -1.88. The fraction of sp³-hybridized carbons (Fsp3) is 1.00. The fourth-order valence-electron chi connectivity index (χ4n) is 3.35. The van der Waals surface area contributed by atoms with Crippen LogP contribution >= 0.6 is 0 Å². The molecule has 0 heterocycles. The Morgan fingerprint density at radius 1 is 1.15 bits per heavy atom. The molecule has 0 amide bonds. The van der Waals surface area contributed by atoms with Gasteiger partial charge in [0, 0.05) is 5.41 Å². The van der Waals surface area contributed by atoms with Crippen LogP contribution in [0, 0.1) is 16.7 Å². The standard InChI is InChI=1S/C10H18O3/c1-8(2)6-4-5-9(8,3)10(12,13)7(6)11/h6-7,11-13H,4-5H2,1-3H3. The van der Waals surface area contributed by atoms with Crippen LogP contribution in [0.3, 0.4) is 0 Å². The molecule has 3 atom stereocenters. The minimum atomic E-state index is -1.90. The molecule has 2 aliphatic carbocycles. The maximum absolute atomic E-state index is 9.85. The Morgan fingerprint density at radius 2 is 1.69 bits per heavy atom. The van der Waals surface area contributed by atoms with Crippen molar-refractivity contribution < 1.29 is 15.3 Å². The van der Waals surface area contributed by atoms with Gasteiger partial charge in [0.2, 0.25) is 0 Å². The van der Waals surface area contributed by atoms with E-state index in [1.165, 1.54) is 0 Å². The summed E-state index contributed by atoms with van der Waals surface area (Å²) in [6.07, 6.45) is 0.698. The molecule has 2 fully saturated rings. The van der Waals surface area contributed by atoms with Crippen molar-refractivity contribution in [3.63, 3.8) is 0 Å². The molecule has 0 aromatic rings. The van der Waals surface area contributed by atoms with Crippen molar-refractivity contribution in [2.24, 2.45) is 16.7 Å². The summed E-state index contributed by atoms with van der Waals surface area (Å²) < 4.78 is 0. The van der Waals surface area contributed by atoms with Gasteiger partial charge in [0.1, 0.15) is 6.10 Å². The third-order valence-corrected chi connectivity index (χ3v) is 4.91. The molecule has 3 N–H and O–H groups in total. The monoisotopic (exact) mass is 186 g/mol. The van der Waals surface area contributed by atoms with Gasteiger partial charge in [-0.15, -0.1) is 0 Å². The molecule has 2 rings (SSSR count). The highest BCUT2D eigenvalue weighted by molar-refractivity contribution is 5.18. The van der Waals surface area contributed by atoms with Gasteiger partial charge in [0.25, 0.3) is 0 Å². The molecule has 3 nitrogen and oxygen atoms in total. The summed E-state index contributed by atoms with van der Waals surface area (Å²) in [4.78, 5) is 0. The average Bonchev–Trinajstić information content (AvgIpc) is 2.26. The van der Waals surface area contributed by atoms with Crippen LogP contribution in [0.2, 0.25) is 0 Å². The van der Waals surface area contributed by atoms with Crippen molar-refractivity contribution in [3.05, 3.63) is 0 Å². The van der Waals surface area contributed by atoms with Crippen molar-refractivity contribution >= 4 is 0 Å². The molecule has 2 aliphatic rings. The van der Waals surface area contributed by atoms with Crippen molar-refractivity contribution in [1.29, 1.82) is 0 Å². The van der Waals surface area contributed by atoms with E-state index in [1.54, 1.807) is 0 Å². The van der Waals surface area contributed by atoms with Gasteiger partial charge in [0.05, 0.1) is 0 Å². The Morgan fingerprint density at radius 3 is 1.92 bits per heavy atom. The molecule has 3 heteroatoms. The van der Waals surface area contributed by atoms with E-state index in [1.807, 2.05) is 20.8 Å². The van der Waals surface area contributed by atoms with Gasteiger partial charge in [-0.05, 0) is 24.2 Å². The van der Waals surface area contributed by atoms with Gasteiger partial charge in [-0.3, -0.25) is 0 Å². The third-order valence-electron chi connectivity index (χ3n) is 4.91. The van der Waals surface area contributed by atoms with Crippen molar-refractivity contribution in [1.82, 2.24) is 0 Å². The summed E-state index contributed by atoms with van der Waals surface area (Å²) >= 11 is 0. The van der Waals surface area contributed by atoms with E-state index >= 15 is 0 Å². The van der Waals surface area contributed by atoms with Crippen LogP contribution in [0.15, 0.2) is 0 Å². The van der Waals surface area contributed by atoms with Crippen LogP contribution in [-0.2, 0) is 0 Å². The normalized spacial score (nSPS) is 51.2. The summed E-state index contributed by atoms with van der Waals surface area (Å²) in [5.41, 5.74) is -0.750. The summed E-state index contributed by atoms with van der Waals surface area (Å²) in [6, 6.07) is 0. The minimum Gasteiger partial charge on any atom is -0.387 e. The molecule has 0 aromatic heterocycles. The van der Waals surface area contributed by atoms with E-state index in [9.17, 15) is 15.3 Å². The van der Waals surface area contributed by atoms with Gasteiger partial charge >= 0.3 is 0 Å². The Bertz CT molecular complexity index is 237. The van der Waals surface area contributed by atoms with Crippen LogP contribution in [0.4, 0.5) is 0 Å². The molecule has 13 heavy (non-hydrogen) atoms. The fourth-order valence-corrected chi connectivity index (χ4v) is 3.35. The summed E-state index contributed by atoms with van der Waals surface area (Å²) in [5, 5.41) is 29.5. The second-order valence-corrected chi connectivity index (χ2v) is 5.37. The zero-order valence-corrected chi connectivity index (χ0v) is 8.41. The van der Waals surface area contributed by atoms with Crippen molar-refractivity contribution in [2.45, 2.75) is 45.5 Å². The van der Waals surface area contributed by atoms with Gasteiger partial charge in [-0.2, -0.15) is 0 Å². The van der Waals surface area contributed by atoms with Gasteiger partial charge in [0.15, 0.2) is 5.79 Å². The highest BCUT2D eigenvalue weighted by Crippen LogP contribution is 2.68. The number of aliphatic hydroxyl groups excluding tert-OH is 1. The molecular weight excluding hydrogens is 168 g/mol. The number of fused-ring (bicyclic) bond motifs is 2. The third kappa shape index (κ3) is 0.729. The topological polar surface area (TPSA) is 60.7 Å². The molecule has 3 unspecified atom stereocenters. The first-order valence-electron chi connectivity index (χ1n) is 4.88. The molecule has 0 radical (unpaired) electrons. The summed E-state index contributed by atoms with van der Waals surface area (Å²) in [7, 11) is 0. The average molecular weight is 186 g/mol. The highest BCUT2D eigenvalue weighted by atomic mass is 16.5. The lowest BCUT2D eigenvalue weighted by Crippen LogP contribution is -2.53. The zero-order valence-electron chi connectivity index (χ0n) is 8.41. The van der Waals surface area contributed by atoms with Gasteiger partial charge in [-0.25, -0.2) is 0 Å². The smallest absolute Gasteiger partial charge is 0.195 e. The lowest BCUT2D eigenvalue weighted by molar-refractivity contribution is -0.282. The lowest BCUT2D eigenvalue weighted by Gasteiger charge is -2.42. The predicted molar refractivity (Wildman–Crippen MR) is 47.8 cm³/mol. The largest absolute Gasteiger partial charge is 0.387 e. The number of aliphatic hydroxyl groups is 3. The van der Waals surface area contributed by atoms with Crippen LogP contribution in [-0.4, -0.2) is 27.2 Å². The van der Waals surface area contributed by atoms with E-state index in [0.29, 0.717) is 0 Å². The van der Waals surface area contributed by atoms with Crippen LogP contribution in [0.1, 0.15) is 33.6 Å². The Kier molecular flexibility index (Phi) is 1.52. The second-order valence-electron chi connectivity index (χ2n) is 5.37. The molecule has 0 aromatic carbocycles. The highest BCUT2D eigenvalue weighted by Gasteiger charge is 2.73. The van der Waals surface area contributed by atoms with E-state index in [-0.39, 0.29) is 11.3 Å². The van der Waals surface area contributed by atoms with Crippen LogP contribution in [0.5, 0.6) is 0 Å². The molecule has 0 saturated heterocycles. The lowest BCUT2D eigenvalue weighted by atomic mass is 9.68. The van der Waals surface area contributed by atoms with Crippen LogP contribution < -0.4 is 0 Å². The molecule has 0 aliphatic heterocycles. The maximum Gasteiger partial charge on any atom is 0.195 e. The van der Waals surface area contributed by atoms with Crippen LogP contribution in [0.25, 0.3) is 0 Å². The number of hydrogen-bond donors (Lipinski definition) is 3. The SMILES string of the molecule is CC1(C)C2CCC1(C)C(O)(O)C2O.